The average Bonchev–Trinajstić information content (AvgIpc) is 2.36. The first kappa shape index (κ1) is 6.11. The van der Waals surface area contributed by atoms with Crippen LogP contribution >= 0.6 is 27.5 Å². The Morgan fingerprint density at radius 3 is 3.10 bits per heavy atom. The Kier molecular flexibility index (Phi) is 1.35. The first-order chi connectivity index (χ1) is 4.88. The second-order valence-corrected chi connectivity index (χ2v) is 3.13. The van der Waals surface area contributed by atoms with Crippen LogP contribution in [-0.2, 0) is 0 Å². The zero-order valence-electron chi connectivity index (χ0n) is 4.65. The van der Waals surface area contributed by atoms with Crippen molar-refractivity contribution in [2.75, 3.05) is 0 Å². The second-order valence-electron chi connectivity index (χ2n) is 1.62. The Labute approximate surface area is 68.6 Å². The molecular weight excluding hydrogens is 216 g/mol. The summed E-state index contributed by atoms with van der Waals surface area (Å²) in [6.07, 6.45) is 1.59. The Morgan fingerprint density at radius 1 is 1.40 bits per heavy atom. The molecule has 0 saturated carbocycles. The minimum Gasteiger partial charge on any atom is -0.156 e. The maximum atomic E-state index is 3.82. The Bertz CT molecular complexity index is 359. The molecule has 0 unspecified atom stereocenters. The second kappa shape index (κ2) is 2.21. The molecule has 0 aliphatic heterocycles. The third-order valence-corrected chi connectivity index (χ3v) is 2.59. The van der Waals surface area contributed by atoms with E-state index in [-0.39, 0.29) is 0 Å². The summed E-state index contributed by atoms with van der Waals surface area (Å²) in [6, 6.07) is 0. The maximum absolute atomic E-state index is 3.82. The summed E-state index contributed by atoms with van der Waals surface area (Å²) in [5.41, 5.74) is 0.784. The predicted molar refractivity (Wildman–Crippen MR) is 40.7 cm³/mol. The van der Waals surface area contributed by atoms with Gasteiger partial charge in [0, 0.05) is 0 Å². The van der Waals surface area contributed by atoms with Gasteiger partial charge >= 0.3 is 0 Å². The predicted octanol–water partition coefficient (Wildman–Crippen LogP) is 1.24. The summed E-state index contributed by atoms with van der Waals surface area (Å²) >= 11 is 4.54. The van der Waals surface area contributed by atoms with E-state index in [9.17, 15) is 0 Å². The highest BCUT2D eigenvalue weighted by Gasteiger charge is 2.02. The van der Waals surface area contributed by atoms with Crippen molar-refractivity contribution in [1.82, 2.24) is 19.8 Å². The van der Waals surface area contributed by atoms with Gasteiger partial charge in [0.2, 0.25) is 0 Å². The molecule has 0 spiro atoms. The van der Waals surface area contributed by atoms with Gasteiger partial charge in [-0.15, -0.1) is 10.2 Å². The van der Waals surface area contributed by atoms with Gasteiger partial charge in [0.05, 0.1) is 6.20 Å². The summed E-state index contributed by atoms with van der Waals surface area (Å²) in [7, 11) is 0. The van der Waals surface area contributed by atoms with Crippen molar-refractivity contribution in [1.29, 1.82) is 0 Å². The molecule has 0 aromatic carbocycles. The van der Waals surface area contributed by atoms with E-state index in [4.69, 9.17) is 0 Å². The number of halogens is 1. The maximum Gasteiger partial charge on any atom is 0.149 e. The minimum atomic E-state index is 0.708. The molecule has 10 heavy (non-hydrogen) atoms. The van der Waals surface area contributed by atoms with Crippen LogP contribution in [0.5, 0.6) is 0 Å². The third-order valence-electron chi connectivity index (χ3n) is 1.03. The third kappa shape index (κ3) is 0.800. The molecule has 6 heteroatoms. The lowest BCUT2D eigenvalue weighted by Crippen LogP contribution is -1.80. The van der Waals surface area contributed by atoms with Crippen molar-refractivity contribution in [3.05, 3.63) is 10.8 Å². The lowest BCUT2D eigenvalue weighted by atomic mass is 10.5. The first-order valence-corrected chi connectivity index (χ1v) is 4.04. The summed E-state index contributed by atoms with van der Waals surface area (Å²) in [5, 5.41) is 11.3. The SMILES string of the molecule is Brc1nncc2nnsc12. The highest BCUT2D eigenvalue weighted by Crippen LogP contribution is 2.20. The molecule has 0 fully saturated rings. The van der Waals surface area contributed by atoms with Gasteiger partial charge in [-0.05, 0) is 27.5 Å². The van der Waals surface area contributed by atoms with Crippen molar-refractivity contribution >= 4 is 37.7 Å². The lowest BCUT2D eigenvalue weighted by Gasteiger charge is -1.84. The fraction of sp³-hybridized carbons (Fsp3) is 0. The molecule has 0 aliphatic rings. The molecule has 0 amide bonds. The standard InChI is InChI=1S/C4HBrN4S/c5-4-3-2(1-6-8-4)7-9-10-3/h1H. The van der Waals surface area contributed by atoms with Gasteiger partial charge < -0.3 is 0 Å². The molecule has 0 saturated heterocycles. The van der Waals surface area contributed by atoms with Crippen LogP contribution < -0.4 is 0 Å². The van der Waals surface area contributed by atoms with Crippen LogP contribution in [0.2, 0.25) is 0 Å². The van der Waals surface area contributed by atoms with E-state index >= 15 is 0 Å². The minimum absolute atomic E-state index is 0.708. The van der Waals surface area contributed by atoms with Gasteiger partial charge in [-0.1, -0.05) is 4.49 Å². The monoisotopic (exact) mass is 216 g/mol. The highest BCUT2D eigenvalue weighted by atomic mass is 79.9. The molecule has 0 radical (unpaired) electrons. The van der Waals surface area contributed by atoms with E-state index < -0.39 is 0 Å². The smallest absolute Gasteiger partial charge is 0.149 e. The molecular formula is C4HBrN4S. The van der Waals surface area contributed by atoms with Crippen molar-refractivity contribution in [3.8, 4) is 0 Å². The lowest BCUT2D eigenvalue weighted by molar-refractivity contribution is 1.02. The molecule has 0 aliphatic carbocycles. The molecule has 2 rings (SSSR count). The topological polar surface area (TPSA) is 51.6 Å². The van der Waals surface area contributed by atoms with Gasteiger partial charge in [-0.2, -0.15) is 5.10 Å². The Morgan fingerprint density at radius 2 is 2.30 bits per heavy atom. The van der Waals surface area contributed by atoms with Crippen molar-refractivity contribution in [3.63, 3.8) is 0 Å². The number of hydrogen-bond donors (Lipinski definition) is 0. The zero-order valence-corrected chi connectivity index (χ0v) is 7.05. The van der Waals surface area contributed by atoms with Crippen LogP contribution in [0.1, 0.15) is 0 Å². The molecule has 2 heterocycles. The summed E-state index contributed by atoms with van der Waals surface area (Å²) < 4.78 is 5.39. The Balaban J connectivity index is 2.95. The Hall–Kier alpha value is -0.620. The van der Waals surface area contributed by atoms with Crippen LogP contribution in [0.25, 0.3) is 10.2 Å². The molecule has 0 atom stereocenters. The van der Waals surface area contributed by atoms with E-state index in [1.165, 1.54) is 11.5 Å². The molecule has 2 aromatic heterocycles. The van der Waals surface area contributed by atoms with E-state index in [1.54, 1.807) is 6.20 Å². The largest absolute Gasteiger partial charge is 0.156 e. The number of nitrogens with zero attached hydrogens (tertiary/aromatic N) is 4. The fourth-order valence-electron chi connectivity index (χ4n) is 0.605. The summed E-state index contributed by atoms with van der Waals surface area (Å²) in [5.74, 6) is 0. The fourth-order valence-corrected chi connectivity index (χ4v) is 1.63. The van der Waals surface area contributed by atoms with Gasteiger partial charge in [-0.25, -0.2) is 0 Å². The summed E-state index contributed by atoms with van der Waals surface area (Å²) in [6.45, 7) is 0. The normalized spacial score (nSPS) is 10.5. The number of rotatable bonds is 0. The number of hydrogen-bond acceptors (Lipinski definition) is 5. The average molecular weight is 217 g/mol. The number of aromatic nitrogens is 4. The van der Waals surface area contributed by atoms with E-state index in [0.29, 0.717) is 4.60 Å². The van der Waals surface area contributed by atoms with E-state index in [1.807, 2.05) is 0 Å². The highest BCUT2D eigenvalue weighted by molar-refractivity contribution is 9.10. The van der Waals surface area contributed by atoms with Gasteiger partial charge in [0.25, 0.3) is 0 Å². The van der Waals surface area contributed by atoms with Crippen molar-refractivity contribution in [2.24, 2.45) is 0 Å². The van der Waals surface area contributed by atoms with Gasteiger partial charge in [0.1, 0.15) is 14.8 Å². The van der Waals surface area contributed by atoms with E-state index in [2.05, 4.69) is 35.7 Å². The van der Waals surface area contributed by atoms with Crippen molar-refractivity contribution in [2.45, 2.75) is 0 Å². The quantitative estimate of drug-likeness (QED) is 0.666. The van der Waals surface area contributed by atoms with E-state index in [0.717, 1.165) is 10.2 Å². The summed E-state index contributed by atoms with van der Waals surface area (Å²) in [4.78, 5) is 0. The first-order valence-electron chi connectivity index (χ1n) is 2.47. The molecule has 0 N–H and O–H groups in total. The zero-order chi connectivity index (χ0) is 6.97. The molecule has 50 valence electrons. The van der Waals surface area contributed by atoms with Crippen LogP contribution in [0.4, 0.5) is 0 Å². The van der Waals surface area contributed by atoms with Gasteiger partial charge in [-0.3, -0.25) is 0 Å². The van der Waals surface area contributed by atoms with Crippen LogP contribution in [-0.4, -0.2) is 19.8 Å². The molecule has 0 bridgehead atoms. The molecule has 2 aromatic rings. The number of fused-ring (bicyclic) bond motifs is 1. The van der Waals surface area contributed by atoms with Gasteiger partial charge in [0.15, 0.2) is 0 Å². The van der Waals surface area contributed by atoms with Crippen LogP contribution in [0.3, 0.4) is 0 Å². The molecule has 4 nitrogen and oxygen atoms in total. The van der Waals surface area contributed by atoms with Crippen LogP contribution in [0.15, 0.2) is 10.8 Å². The van der Waals surface area contributed by atoms with Crippen LogP contribution in [0, 0.1) is 0 Å². The van der Waals surface area contributed by atoms with Crippen molar-refractivity contribution < 1.29 is 0 Å².